The molecule has 1 aromatic carbocycles. The number of nitrogens with one attached hydrogen (secondary N) is 3. The van der Waals surface area contributed by atoms with Crippen molar-refractivity contribution in [3.8, 4) is 0 Å². The Morgan fingerprint density at radius 1 is 1.18 bits per heavy atom. The second kappa shape index (κ2) is 11.2. The summed E-state index contributed by atoms with van der Waals surface area (Å²) in [7, 11) is 0. The molecule has 0 spiro atoms. The van der Waals surface area contributed by atoms with Crippen LogP contribution in [0.5, 0.6) is 0 Å². The van der Waals surface area contributed by atoms with Crippen LogP contribution < -0.4 is 16.0 Å². The fourth-order valence-electron chi connectivity index (χ4n) is 1.59. The minimum absolute atomic E-state index is 0. The van der Waals surface area contributed by atoms with Crippen LogP contribution in [0.4, 0.5) is 8.78 Å². The smallest absolute Gasteiger partial charge is 0.216 e. The predicted molar refractivity (Wildman–Crippen MR) is 93.3 cm³/mol. The van der Waals surface area contributed by atoms with Crippen molar-refractivity contribution < 1.29 is 13.6 Å². The summed E-state index contributed by atoms with van der Waals surface area (Å²) in [5.41, 5.74) is 0.189. The number of halogens is 3. The van der Waals surface area contributed by atoms with E-state index >= 15 is 0 Å². The van der Waals surface area contributed by atoms with Gasteiger partial charge in [0, 0.05) is 32.1 Å². The molecule has 0 saturated heterocycles. The van der Waals surface area contributed by atoms with Gasteiger partial charge in [0.25, 0.3) is 0 Å². The first-order chi connectivity index (χ1) is 10.0. The molecule has 0 aliphatic carbocycles. The monoisotopic (exact) mass is 426 g/mol. The summed E-state index contributed by atoms with van der Waals surface area (Å²) in [5.74, 6) is -0.619. The van der Waals surface area contributed by atoms with E-state index in [0.717, 1.165) is 18.2 Å². The molecule has 8 heteroatoms. The predicted octanol–water partition coefficient (Wildman–Crippen LogP) is 1.77. The molecule has 124 valence electrons. The first-order valence-electron chi connectivity index (χ1n) is 6.73. The molecule has 0 saturated carbocycles. The topological polar surface area (TPSA) is 65.5 Å². The maximum Gasteiger partial charge on any atom is 0.216 e. The molecular formula is C14H21F2IN4O. The average Bonchev–Trinajstić information content (AvgIpc) is 2.43. The van der Waals surface area contributed by atoms with Crippen molar-refractivity contribution in [1.29, 1.82) is 0 Å². The SMILES string of the molecule is CCNC(=NCc1cc(F)ccc1F)NCCNC(C)=O.I. The van der Waals surface area contributed by atoms with Crippen LogP contribution in [0.15, 0.2) is 23.2 Å². The number of carbonyl (C=O) groups is 1. The summed E-state index contributed by atoms with van der Waals surface area (Å²) < 4.78 is 26.5. The van der Waals surface area contributed by atoms with Crippen molar-refractivity contribution >= 4 is 35.8 Å². The van der Waals surface area contributed by atoms with E-state index < -0.39 is 11.6 Å². The third-order valence-corrected chi connectivity index (χ3v) is 2.55. The number of carbonyl (C=O) groups excluding carboxylic acids is 1. The lowest BCUT2D eigenvalue weighted by Gasteiger charge is -2.11. The highest BCUT2D eigenvalue weighted by Gasteiger charge is 2.04. The number of hydrogen-bond acceptors (Lipinski definition) is 2. The van der Waals surface area contributed by atoms with Crippen molar-refractivity contribution in [2.45, 2.75) is 20.4 Å². The van der Waals surface area contributed by atoms with Crippen LogP contribution in [0.1, 0.15) is 19.4 Å². The highest BCUT2D eigenvalue weighted by molar-refractivity contribution is 14.0. The van der Waals surface area contributed by atoms with Gasteiger partial charge in [-0.15, -0.1) is 24.0 Å². The van der Waals surface area contributed by atoms with Crippen LogP contribution in [0.2, 0.25) is 0 Å². The third kappa shape index (κ3) is 8.11. The summed E-state index contributed by atoms with van der Waals surface area (Å²) in [5, 5.41) is 8.61. The maximum absolute atomic E-state index is 13.5. The molecule has 0 atom stereocenters. The first-order valence-corrected chi connectivity index (χ1v) is 6.73. The van der Waals surface area contributed by atoms with E-state index in [2.05, 4.69) is 20.9 Å². The Bertz CT molecular complexity index is 512. The van der Waals surface area contributed by atoms with E-state index in [4.69, 9.17) is 0 Å². The zero-order valence-corrected chi connectivity index (χ0v) is 14.9. The van der Waals surface area contributed by atoms with Gasteiger partial charge in [0.15, 0.2) is 5.96 Å². The standard InChI is InChI=1S/C14H20F2N4O.HI/c1-3-17-14(19-7-6-18-10(2)21)20-9-11-8-12(15)4-5-13(11)16;/h4-5,8H,3,6-7,9H2,1-2H3,(H,18,21)(H2,17,19,20);1H. The summed E-state index contributed by atoms with van der Waals surface area (Å²) in [6, 6.07) is 3.27. The molecule has 0 aliphatic heterocycles. The Morgan fingerprint density at radius 3 is 2.50 bits per heavy atom. The van der Waals surface area contributed by atoms with E-state index in [9.17, 15) is 13.6 Å². The zero-order chi connectivity index (χ0) is 15.7. The third-order valence-electron chi connectivity index (χ3n) is 2.55. The van der Waals surface area contributed by atoms with Gasteiger partial charge in [-0.25, -0.2) is 13.8 Å². The van der Waals surface area contributed by atoms with Gasteiger partial charge in [0.2, 0.25) is 5.91 Å². The van der Waals surface area contributed by atoms with E-state index in [1.165, 1.54) is 6.92 Å². The van der Waals surface area contributed by atoms with Gasteiger partial charge in [-0.1, -0.05) is 0 Å². The number of benzene rings is 1. The molecule has 22 heavy (non-hydrogen) atoms. The van der Waals surface area contributed by atoms with Crippen LogP contribution >= 0.6 is 24.0 Å². The number of hydrogen-bond donors (Lipinski definition) is 3. The van der Waals surface area contributed by atoms with Crippen LogP contribution in [0.3, 0.4) is 0 Å². The Hall–Kier alpha value is -1.45. The van der Waals surface area contributed by atoms with Gasteiger partial charge in [0.1, 0.15) is 11.6 Å². The minimum Gasteiger partial charge on any atom is -0.357 e. The number of guanidine groups is 1. The fraction of sp³-hybridized carbons (Fsp3) is 0.429. The molecule has 0 unspecified atom stereocenters. The van der Waals surface area contributed by atoms with Crippen molar-refractivity contribution in [3.63, 3.8) is 0 Å². The molecule has 0 fully saturated rings. The summed E-state index contributed by atoms with van der Waals surface area (Å²) in [6.07, 6.45) is 0. The molecule has 0 aromatic heterocycles. The van der Waals surface area contributed by atoms with E-state index in [0.29, 0.717) is 25.6 Å². The molecule has 0 bridgehead atoms. The van der Waals surface area contributed by atoms with Gasteiger partial charge in [0.05, 0.1) is 6.54 Å². The number of amides is 1. The lowest BCUT2D eigenvalue weighted by atomic mass is 10.2. The Labute approximate surface area is 146 Å². The Balaban J connectivity index is 0.00000441. The number of aliphatic imine (C=N–C) groups is 1. The Kier molecular flexibility index (Phi) is 10.4. The molecule has 1 aromatic rings. The lowest BCUT2D eigenvalue weighted by molar-refractivity contribution is -0.118. The molecule has 5 nitrogen and oxygen atoms in total. The van der Waals surface area contributed by atoms with Crippen LogP contribution in [-0.4, -0.2) is 31.5 Å². The Morgan fingerprint density at radius 2 is 1.86 bits per heavy atom. The molecule has 3 N–H and O–H groups in total. The van der Waals surface area contributed by atoms with Crippen molar-refractivity contribution in [2.75, 3.05) is 19.6 Å². The maximum atomic E-state index is 13.5. The van der Waals surface area contributed by atoms with Crippen LogP contribution in [-0.2, 0) is 11.3 Å². The molecule has 1 amide bonds. The normalized spacial score (nSPS) is 10.6. The second-order valence-electron chi connectivity index (χ2n) is 4.34. The van der Waals surface area contributed by atoms with Crippen LogP contribution in [0, 0.1) is 11.6 Å². The fourth-order valence-corrected chi connectivity index (χ4v) is 1.59. The van der Waals surface area contributed by atoms with Gasteiger partial charge in [-0.2, -0.15) is 0 Å². The van der Waals surface area contributed by atoms with Gasteiger partial charge in [-0.05, 0) is 25.1 Å². The molecular weight excluding hydrogens is 405 g/mol. The molecule has 0 heterocycles. The van der Waals surface area contributed by atoms with Gasteiger partial charge < -0.3 is 16.0 Å². The molecule has 0 radical (unpaired) electrons. The molecule has 0 aliphatic rings. The highest BCUT2D eigenvalue weighted by atomic mass is 127. The quantitative estimate of drug-likeness (QED) is 0.281. The van der Waals surface area contributed by atoms with E-state index in [1.807, 2.05) is 6.92 Å². The summed E-state index contributed by atoms with van der Waals surface area (Å²) in [4.78, 5) is 14.9. The summed E-state index contributed by atoms with van der Waals surface area (Å²) >= 11 is 0. The first kappa shape index (κ1) is 20.6. The highest BCUT2D eigenvalue weighted by Crippen LogP contribution is 2.10. The average molecular weight is 426 g/mol. The number of rotatable bonds is 6. The van der Waals surface area contributed by atoms with Crippen LogP contribution in [0.25, 0.3) is 0 Å². The second-order valence-corrected chi connectivity index (χ2v) is 4.34. The van der Waals surface area contributed by atoms with Crippen molar-refractivity contribution in [1.82, 2.24) is 16.0 Å². The van der Waals surface area contributed by atoms with E-state index in [1.54, 1.807) is 0 Å². The lowest BCUT2D eigenvalue weighted by Crippen LogP contribution is -2.41. The summed E-state index contributed by atoms with van der Waals surface area (Å²) in [6.45, 7) is 4.93. The molecule has 1 rings (SSSR count). The van der Waals surface area contributed by atoms with Crippen molar-refractivity contribution in [2.24, 2.45) is 4.99 Å². The number of nitrogens with zero attached hydrogens (tertiary/aromatic N) is 1. The van der Waals surface area contributed by atoms with E-state index in [-0.39, 0.29) is 42.0 Å². The largest absolute Gasteiger partial charge is 0.357 e. The zero-order valence-electron chi connectivity index (χ0n) is 12.6. The van der Waals surface area contributed by atoms with Gasteiger partial charge >= 0.3 is 0 Å². The minimum atomic E-state index is -0.495. The van der Waals surface area contributed by atoms with Gasteiger partial charge in [-0.3, -0.25) is 4.79 Å². The van der Waals surface area contributed by atoms with Crippen molar-refractivity contribution in [3.05, 3.63) is 35.4 Å².